The van der Waals surface area contributed by atoms with Crippen LogP contribution in [0.4, 0.5) is 0 Å². The van der Waals surface area contributed by atoms with Gasteiger partial charge >= 0.3 is 0 Å². The zero-order valence-electron chi connectivity index (χ0n) is 41.9. The average molecular weight is 1200 g/mol. The van der Waals surface area contributed by atoms with Crippen LogP contribution in [-0.4, -0.2) is 369 Å². The molecule has 7 aliphatic heterocycles. The fourth-order valence-electron chi connectivity index (χ4n) is 12.5. The summed E-state index contributed by atoms with van der Waals surface area (Å²) in [6.45, 7) is 1.38. The molecule has 468 valence electrons. The Morgan fingerprint density at radius 3 is 0.825 bits per heavy atom. The third-order valence-electron chi connectivity index (χ3n) is 16.8. The maximum atomic E-state index is 12.4. The maximum absolute atomic E-state index is 12.4. The van der Waals surface area contributed by atoms with Crippen molar-refractivity contribution in [1.82, 2.24) is 0 Å². The lowest BCUT2D eigenvalue weighted by Crippen LogP contribution is -2.73. The van der Waals surface area contributed by atoms with Gasteiger partial charge in [0.15, 0.2) is 44.0 Å². The smallest absolute Gasteiger partial charge is 0.184 e. The van der Waals surface area contributed by atoms with E-state index in [2.05, 4.69) is 0 Å². The molecule has 41 atom stereocenters. The summed E-state index contributed by atoms with van der Waals surface area (Å²) in [5.41, 5.74) is 0. The van der Waals surface area contributed by atoms with Gasteiger partial charge in [-0.2, -0.15) is 11.8 Å². The molecule has 0 spiro atoms. The molecule has 0 aromatic rings. The third kappa shape index (κ3) is 12.3. The quantitative estimate of drug-likeness (QED) is 0.0724. The van der Waals surface area contributed by atoms with E-state index in [9.17, 15) is 143 Å². The van der Waals surface area contributed by atoms with E-state index in [0.717, 1.165) is 0 Å². The number of rotatable bonds is 15. The van der Waals surface area contributed by atoms with Crippen molar-refractivity contribution in [3.05, 3.63) is 0 Å². The summed E-state index contributed by atoms with van der Waals surface area (Å²) in [6.07, 6.45) is -91.2. The number of aliphatic hydroxyl groups excluding tert-OH is 28. The minimum absolute atomic E-state index is 0.291. The molecule has 7 fully saturated rings. The van der Waals surface area contributed by atoms with Crippen molar-refractivity contribution < 1.29 is 176 Å². The van der Waals surface area contributed by atoms with Crippen LogP contribution in [-0.2, 0) is 33.2 Å². The van der Waals surface area contributed by atoms with Crippen LogP contribution in [0.5, 0.6) is 0 Å². The number of thioether (sulfide) groups is 1. The molecule has 80 heavy (non-hydrogen) atoms. The molecule has 0 saturated carbocycles. The van der Waals surface area contributed by atoms with Gasteiger partial charge in [0.05, 0.1) is 36.6 Å². The lowest BCUT2D eigenvalue weighted by Gasteiger charge is -2.59. The van der Waals surface area contributed by atoms with E-state index >= 15 is 0 Å². The summed E-state index contributed by atoms with van der Waals surface area (Å²) in [5, 5.41) is 316. The highest BCUT2D eigenvalue weighted by Crippen LogP contribution is 2.55. The summed E-state index contributed by atoms with van der Waals surface area (Å²) in [4.78, 5) is 0. The molecular formula is C44H76O35S. The summed E-state index contributed by atoms with van der Waals surface area (Å²) in [5.74, 6) is -13.4. The minimum atomic E-state index is -2.82. The summed E-state index contributed by atoms with van der Waals surface area (Å²) >= 11 is 0.533. The van der Waals surface area contributed by atoms with Crippen molar-refractivity contribution in [2.24, 2.45) is 29.6 Å². The first-order valence-electron chi connectivity index (χ1n) is 25.6. The molecule has 7 saturated heterocycles. The molecular weight excluding hydrogens is 1120 g/mol. The molecule has 7 heterocycles. The Bertz CT molecular complexity index is 1960. The molecule has 0 amide bonds. The van der Waals surface area contributed by atoms with E-state index in [1.54, 1.807) is 0 Å². The molecule has 7 aliphatic rings. The van der Waals surface area contributed by atoms with Crippen LogP contribution < -0.4 is 0 Å². The average Bonchev–Trinajstić information content (AvgIpc) is 3.49. The number of ether oxygens (including phenoxy) is 7. The lowest BCUT2D eigenvalue weighted by molar-refractivity contribution is -0.355. The summed E-state index contributed by atoms with van der Waals surface area (Å²) in [6, 6.07) is 0. The number of hydrogen-bond acceptors (Lipinski definition) is 36. The Hall–Kier alpha value is -1.05. The second-order valence-corrected chi connectivity index (χ2v) is 22.9. The fraction of sp³-hybridized carbons (Fsp3) is 1.00. The van der Waals surface area contributed by atoms with Gasteiger partial charge in [-0.15, -0.1) is 0 Å². The van der Waals surface area contributed by atoms with Crippen LogP contribution in [0.15, 0.2) is 0 Å². The van der Waals surface area contributed by atoms with Crippen LogP contribution in [0.1, 0.15) is 13.3 Å². The zero-order valence-corrected chi connectivity index (χ0v) is 42.7. The van der Waals surface area contributed by atoms with Crippen molar-refractivity contribution in [3.8, 4) is 0 Å². The van der Waals surface area contributed by atoms with Gasteiger partial charge in [0.25, 0.3) is 0 Å². The Morgan fingerprint density at radius 1 is 0.250 bits per heavy atom. The van der Waals surface area contributed by atoms with Crippen LogP contribution in [0, 0.1) is 29.6 Å². The molecule has 7 rings (SSSR count). The second kappa shape index (κ2) is 26.5. The molecule has 0 radical (unpaired) electrons. The second-order valence-electron chi connectivity index (χ2n) is 21.4. The molecule has 28 N–H and O–H groups in total. The highest BCUT2D eigenvalue weighted by molar-refractivity contribution is 7.99. The van der Waals surface area contributed by atoms with Crippen LogP contribution in [0.3, 0.4) is 0 Å². The summed E-state index contributed by atoms with van der Waals surface area (Å²) in [7, 11) is 0. The minimum Gasteiger partial charge on any atom is -0.388 e. The SMILES string of the molecule is CCSC(C1OC(O)C(O)C(O)C1O)C(C1OC(O)C(O)C(O)C1O)C(C1OC(O)C(O)C(O)C1O)C(C1OC(O)C(O)C(O)C1O)C(C(CC1OC(O)C(O)C(O)C1O)C1OC(O)C(O)C(O)C1O)C1OC(O)C(O)C(O)C1O. The van der Waals surface area contributed by atoms with E-state index in [-0.39, 0.29) is 5.75 Å². The van der Waals surface area contributed by atoms with Gasteiger partial charge in [-0.05, 0) is 29.9 Å². The zero-order chi connectivity index (χ0) is 59.7. The van der Waals surface area contributed by atoms with E-state index in [1.165, 1.54) is 6.92 Å². The molecule has 0 aromatic carbocycles. The molecule has 41 unspecified atom stereocenters. The lowest BCUT2D eigenvalue weighted by atomic mass is 9.56. The van der Waals surface area contributed by atoms with E-state index in [4.69, 9.17) is 33.2 Å². The van der Waals surface area contributed by atoms with Crippen molar-refractivity contribution >= 4 is 11.8 Å². The molecule has 35 nitrogen and oxygen atoms in total. The van der Waals surface area contributed by atoms with Gasteiger partial charge in [-0.1, -0.05) is 6.92 Å². The van der Waals surface area contributed by atoms with Gasteiger partial charge in [0, 0.05) is 17.1 Å². The van der Waals surface area contributed by atoms with E-state index in [1.807, 2.05) is 0 Å². The first-order chi connectivity index (χ1) is 37.3. The van der Waals surface area contributed by atoms with Gasteiger partial charge in [-0.25, -0.2) is 0 Å². The Labute approximate surface area is 456 Å². The highest BCUT2D eigenvalue weighted by Gasteiger charge is 2.67. The van der Waals surface area contributed by atoms with Crippen molar-refractivity contribution in [3.63, 3.8) is 0 Å². The largest absolute Gasteiger partial charge is 0.388 e. The van der Waals surface area contributed by atoms with Gasteiger partial charge in [-0.3, -0.25) is 0 Å². The first-order valence-corrected chi connectivity index (χ1v) is 26.6. The number of hydrogen-bond donors (Lipinski definition) is 28. The molecule has 36 heteroatoms. The highest BCUT2D eigenvalue weighted by atomic mass is 32.2. The monoisotopic (exact) mass is 1200 g/mol. The first kappa shape index (κ1) is 66.5. The van der Waals surface area contributed by atoms with E-state index < -0.39 is 256 Å². The Balaban J connectivity index is 1.67. The van der Waals surface area contributed by atoms with E-state index in [0.29, 0.717) is 11.8 Å². The molecule has 0 bridgehead atoms. The molecule has 0 aliphatic carbocycles. The predicted molar refractivity (Wildman–Crippen MR) is 246 cm³/mol. The Kier molecular flexibility index (Phi) is 22.0. The van der Waals surface area contributed by atoms with Gasteiger partial charge in [0.2, 0.25) is 0 Å². The molecule has 0 aromatic heterocycles. The van der Waals surface area contributed by atoms with Crippen LogP contribution in [0.25, 0.3) is 0 Å². The van der Waals surface area contributed by atoms with Crippen molar-refractivity contribution in [2.45, 2.75) is 234 Å². The fourth-order valence-corrected chi connectivity index (χ4v) is 13.9. The van der Waals surface area contributed by atoms with Gasteiger partial charge < -0.3 is 176 Å². The van der Waals surface area contributed by atoms with Gasteiger partial charge in [0.1, 0.15) is 134 Å². The maximum Gasteiger partial charge on any atom is 0.184 e. The third-order valence-corrected chi connectivity index (χ3v) is 18.1. The van der Waals surface area contributed by atoms with Crippen LogP contribution in [0.2, 0.25) is 0 Å². The number of aliphatic hydroxyl groups is 28. The topological polar surface area (TPSA) is 631 Å². The summed E-state index contributed by atoms with van der Waals surface area (Å²) < 4.78 is 40.2. The van der Waals surface area contributed by atoms with Crippen LogP contribution >= 0.6 is 11.8 Å². The van der Waals surface area contributed by atoms with Crippen molar-refractivity contribution in [2.75, 3.05) is 5.75 Å². The standard InChI is InChI=1S/C44H76O35S/c1-2-80-37(36-23(58)17(52)30(65)44(72)79-36)9(35-22(57)16(51)29(64)43(71)78-35)8(34-21(56)15(50)28(63)42(70)77-34)7(33-20(55)14(49)27(62)41(69)76-33)6(32-19(54)13(48)26(61)40(68)75-32)4(31-18(53)12(47)25(60)39(67)74-31)3-5-10(45)11(46)24(59)38(66)73-5/h4-72H,2-3H2,1H3. The normalized spacial score (nSPS) is 54.9. The Morgan fingerprint density at radius 2 is 0.487 bits per heavy atom. The predicted octanol–water partition coefficient (Wildman–Crippen LogP) is -16.8. The van der Waals surface area contributed by atoms with Crippen molar-refractivity contribution in [1.29, 1.82) is 0 Å².